The Kier molecular flexibility index (Phi) is 11.0. The van der Waals surface area contributed by atoms with Crippen LogP contribution in [0.25, 0.3) is 0 Å². The summed E-state index contributed by atoms with van der Waals surface area (Å²) in [4.78, 5) is 15.0. The fourth-order valence-electron chi connectivity index (χ4n) is 0.910. The van der Waals surface area contributed by atoms with E-state index in [1.165, 1.54) is 6.92 Å². The van der Waals surface area contributed by atoms with E-state index in [-0.39, 0.29) is 65.4 Å². The molecule has 0 saturated carbocycles. The van der Waals surface area contributed by atoms with E-state index < -0.39 is 5.97 Å². The number of hydrogen-bond acceptors (Lipinski definition) is 4. The van der Waals surface area contributed by atoms with E-state index in [2.05, 4.69) is 9.99 Å². The van der Waals surface area contributed by atoms with Gasteiger partial charge in [0.15, 0.2) is 0 Å². The number of nitrogens with zero attached hydrogens (tertiary/aromatic N) is 1. The third kappa shape index (κ3) is 6.84. The molecule has 80 valence electrons. The van der Waals surface area contributed by atoms with Crippen molar-refractivity contribution < 1.29 is 75.1 Å². The molecule has 16 heavy (non-hydrogen) atoms. The first-order valence-electron chi connectivity index (χ1n) is 4.17. The molecule has 6 heteroatoms. The van der Waals surface area contributed by atoms with E-state index in [9.17, 15) is 4.79 Å². The van der Waals surface area contributed by atoms with Gasteiger partial charge in [-0.1, -0.05) is 17.3 Å². The first-order valence-corrected chi connectivity index (χ1v) is 4.17. The van der Waals surface area contributed by atoms with Gasteiger partial charge in [0.05, 0.1) is 5.71 Å². The van der Waals surface area contributed by atoms with Crippen LogP contribution in [0.15, 0.2) is 29.4 Å². The molecule has 0 aliphatic carbocycles. The minimum absolute atomic E-state index is 0. The van der Waals surface area contributed by atoms with Crippen LogP contribution in [0.4, 0.5) is 5.69 Å². The van der Waals surface area contributed by atoms with Crippen molar-refractivity contribution in [2.24, 2.45) is 5.16 Å². The molecular weight excluding hydrogens is 358 g/mol. The molecule has 0 saturated heterocycles. The van der Waals surface area contributed by atoms with Crippen LogP contribution in [0.5, 0.6) is 0 Å². The van der Waals surface area contributed by atoms with Crippen molar-refractivity contribution in [1.82, 2.24) is 0 Å². The van der Waals surface area contributed by atoms with Gasteiger partial charge in [0.2, 0.25) is 0 Å². The van der Waals surface area contributed by atoms with E-state index in [4.69, 9.17) is 5.73 Å². The molecule has 0 aliphatic rings. The molecule has 0 atom stereocenters. The summed E-state index contributed by atoms with van der Waals surface area (Å²) in [6.45, 7) is 3.06. The van der Waals surface area contributed by atoms with Gasteiger partial charge in [0.25, 0.3) is 0 Å². The number of nitrogen functional groups attached to an aromatic ring is 1. The van der Waals surface area contributed by atoms with Gasteiger partial charge in [-0.15, -0.1) is 0 Å². The number of nitrogens with two attached hydrogens (primary N) is 1. The number of carbonyl (C=O) groups is 1. The summed E-state index contributed by atoms with van der Waals surface area (Å²) in [5.74, 6) is -0.431. The molecule has 0 fully saturated rings. The van der Waals surface area contributed by atoms with Crippen molar-refractivity contribution in [2.45, 2.75) is 13.8 Å². The van der Waals surface area contributed by atoms with E-state index >= 15 is 0 Å². The van der Waals surface area contributed by atoms with Crippen LogP contribution < -0.4 is 5.73 Å². The van der Waals surface area contributed by atoms with Crippen molar-refractivity contribution in [2.75, 3.05) is 5.73 Å². The van der Waals surface area contributed by atoms with Gasteiger partial charge in [-0.3, -0.25) is 0 Å². The zero-order valence-corrected chi connectivity index (χ0v) is 15.0. The van der Waals surface area contributed by atoms with Crippen molar-refractivity contribution >= 4 is 17.4 Å². The van der Waals surface area contributed by atoms with Gasteiger partial charge in [-0.25, -0.2) is 4.79 Å². The molecular formula is C10H12N2O2Y2. The van der Waals surface area contributed by atoms with Crippen molar-refractivity contribution in [3.8, 4) is 0 Å². The number of anilines is 1. The van der Waals surface area contributed by atoms with Crippen LogP contribution in [0.3, 0.4) is 0 Å². The summed E-state index contributed by atoms with van der Waals surface area (Å²) in [5, 5.41) is 3.65. The normalized spacial score (nSPS) is 9.75. The molecule has 0 unspecified atom stereocenters. The summed E-state index contributed by atoms with van der Waals surface area (Å²) < 4.78 is 0. The second-order valence-electron chi connectivity index (χ2n) is 2.88. The van der Waals surface area contributed by atoms with Crippen molar-refractivity contribution in [1.29, 1.82) is 0 Å². The third-order valence-electron chi connectivity index (χ3n) is 1.64. The van der Waals surface area contributed by atoms with E-state index in [0.29, 0.717) is 11.4 Å². The van der Waals surface area contributed by atoms with Gasteiger partial charge < -0.3 is 10.6 Å². The zero-order valence-electron chi connectivity index (χ0n) is 9.31. The van der Waals surface area contributed by atoms with Gasteiger partial charge in [-0.05, 0) is 24.6 Å². The average molecular weight is 370 g/mol. The maximum atomic E-state index is 10.5. The third-order valence-corrected chi connectivity index (χ3v) is 1.64. The SMILES string of the molecule is CC(=O)ON=C(C)c1ccc(N)cc1.[Y].[Y]. The maximum Gasteiger partial charge on any atom is 0.331 e. The minimum atomic E-state index is -0.431. The number of benzene rings is 1. The second-order valence-corrected chi connectivity index (χ2v) is 2.88. The summed E-state index contributed by atoms with van der Waals surface area (Å²) in [6, 6.07) is 7.17. The summed E-state index contributed by atoms with van der Waals surface area (Å²) in [6.07, 6.45) is 0. The Morgan fingerprint density at radius 2 is 1.69 bits per heavy atom. The summed E-state index contributed by atoms with van der Waals surface area (Å²) in [7, 11) is 0. The molecule has 0 aliphatic heterocycles. The molecule has 0 bridgehead atoms. The molecule has 0 aromatic heterocycles. The quantitative estimate of drug-likeness (QED) is 0.372. The average Bonchev–Trinajstić information content (AvgIpc) is 2.15. The first kappa shape index (κ1) is 18.7. The van der Waals surface area contributed by atoms with Crippen molar-refractivity contribution in [3.05, 3.63) is 29.8 Å². The Hall–Kier alpha value is 0.368. The number of carbonyl (C=O) groups excluding carboxylic acids is 1. The molecule has 1 rings (SSSR count). The van der Waals surface area contributed by atoms with Gasteiger partial charge in [0.1, 0.15) is 0 Å². The Morgan fingerprint density at radius 3 is 2.12 bits per heavy atom. The van der Waals surface area contributed by atoms with Crippen LogP contribution in [-0.4, -0.2) is 11.7 Å². The smallest absolute Gasteiger partial charge is 0.331 e. The molecule has 1 aromatic carbocycles. The number of rotatable bonds is 2. The van der Waals surface area contributed by atoms with Crippen LogP contribution >= 0.6 is 0 Å². The van der Waals surface area contributed by atoms with Crippen LogP contribution in [-0.2, 0) is 75.1 Å². The van der Waals surface area contributed by atoms with Crippen LogP contribution in [0.1, 0.15) is 19.4 Å². The van der Waals surface area contributed by atoms with E-state index in [1.54, 1.807) is 19.1 Å². The zero-order chi connectivity index (χ0) is 10.6. The van der Waals surface area contributed by atoms with Crippen molar-refractivity contribution in [3.63, 3.8) is 0 Å². The Morgan fingerprint density at radius 1 is 1.19 bits per heavy atom. The van der Waals surface area contributed by atoms with Gasteiger partial charge in [-0.2, -0.15) is 0 Å². The van der Waals surface area contributed by atoms with E-state index in [0.717, 1.165) is 5.56 Å². The van der Waals surface area contributed by atoms with E-state index in [1.807, 2.05) is 12.1 Å². The molecule has 2 N–H and O–H groups in total. The second kappa shape index (κ2) is 9.40. The van der Waals surface area contributed by atoms with Gasteiger partial charge in [0, 0.05) is 78.0 Å². The number of oxime groups is 1. The fourth-order valence-corrected chi connectivity index (χ4v) is 0.910. The molecule has 0 heterocycles. The summed E-state index contributed by atoms with van der Waals surface area (Å²) in [5.41, 5.74) is 7.73. The standard InChI is InChI=1S/C10H12N2O2.2Y/c1-7(12-14-8(2)13)9-3-5-10(11)6-4-9;;/h3-6H,11H2,1-2H3;;. The Bertz CT molecular complexity index is 364. The first-order chi connectivity index (χ1) is 6.59. The number of hydrogen-bond donors (Lipinski definition) is 1. The predicted octanol–water partition coefficient (Wildman–Crippen LogP) is 1.55. The van der Waals surface area contributed by atoms with Gasteiger partial charge >= 0.3 is 5.97 Å². The maximum absolute atomic E-state index is 10.5. The van der Waals surface area contributed by atoms with Crippen LogP contribution in [0, 0.1) is 0 Å². The molecule has 1 aromatic rings. The Labute approximate surface area is 145 Å². The van der Waals surface area contributed by atoms with Crippen LogP contribution in [0.2, 0.25) is 0 Å². The molecule has 2 radical (unpaired) electrons. The largest absolute Gasteiger partial charge is 0.399 e. The fraction of sp³-hybridized carbons (Fsp3) is 0.200. The topological polar surface area (TPSA) is 64.7 Å². The molecule has 0 amide bonds. The minimum Gasteiger partial charge on any atom is -0.399 e. The molecule has 0 spiro atoms. The predicted molar refractivity (Wildman–Crippen MR) is 54.8 cm³/mol. The Balaban J connectivity index is 0. The monoisotopic (exact) mass is 370 g/mol. The summed E-state index contributed by atoms with van der Waals surface area (Å²) >= 11 is 0. The molecule has 4 nitrogen and oxygen atoms in total.